The highest BCUT2D eigenvalue weighted by Crippen LogP contribution is 2.53. The summed E-state index contributed by atoms with van der Waals surface area (Å²) in [5, 5.41) is 11.7. The van der Waals surface area contributed by atoms with Crippen molar-refractivity contribution in [3.63, 3.8) is 0 Å². The minimum Gasteiger partial charge on any atom is -0.478 e. The van der Waals surface area contributed by atoms with Gasteiger partial charge in [0, 0.05) is 22.1 Å². The fourth-order valence-corrected chi connectivity index (χ4v) is 5.30. The Labute approximate surface area is 210 Å². The van der Waals surface area contributed by atoms with E-state index in [4.69, 9.17) is 28.2 Å². The van der Waals surface area contributed by atoms with E-state index < -0.39 is 15.8 Å². The predicted octanol–water partition coefficient (Wildman–Crippen LogP) is 3.99. The third-order valence-electron chi connectivity index (χ3n) is 6.18. The number of allylic oxidation sites excluding steroid dienone is 4. The zero-order chi connectivity index (χ0) is 24.2. The van der Waals surface area contributed by atoms with Gasteiger partial charge >= 0.3 is 5.97 Å². The summed E-state index contributed by atoms with van der Waals surface area (Å²) in [5.74, 6) is -1.10. The van der Waals surface area contributed by atoms with Crippen molar-refractivity contribution in [2.24, 2.45) is 9.98 Å². The molecule has 2 unspecified atom stereocenters. The molecule has 3 aliphatic rings. The van der Waals surface area contributed by atoms with Gasteiger partial charge < -0.3 is 15.1 Å². The Morgan fingerprint density at radius 3 is 2.49 bits per heavy atom. The monoisotopic (exact) mass is 500 g/mol. The van der Waals surface area contributed by atoms with Gasteiger partial charge in [-0.1, -0.05) is 29.8 Å². The molecule has 1 aromatic carbocycles. The van der Waals surface area contributed by atoms with Crippen molar-refractivity contribution in [2.45, 2.75) is 9.87 Å². The Hall–Kier alpha value is -3.87. The molecule has 2 aromatic heterocycles. The van der Waals surface area contributed by atoms with Gasteiger partial charge in [0.25, 0.3) is 0 Å². The molecule has 6 nitrogen and oxygen atoms in total. The fraction of sp³-hybridized carbons (Fsp3) is 0.0741. The van der Waals surface area contributed by atoms with Gasteiger partial charge in [-0.15, -0.1) is 11.6 Å². The van der Waals surface area contributed by atoms with Crippen molar-refractivity contribution < 1.29 is 9.90 Å². The molecule has 2 atom stereocenters. The van der Waals surface area contributed by atoms with Gasteiger partial charge in [0.15, 0.2) is 9.87 Å². The lowest BCUT2D eigenvalue weighted by Gasteiger charge is -2.37. The molecule has 8 bridgehead atoms. The molecular weight excluding hydrogens is 483 g/mol. The number of rotatable bonds is 2. The van der Waals surface area contributed by atoms with E-state index in [9.17, 15) is 9.90 Å². The molecule has 35 heavy (non-hydrogen) atoms. The van der Waals surface area contributed by atoms with Crippen LogP contribution in [0.1, 0.15) is 27.3 Å². The minimum atomic E-state index is -1.56. The first-order chi connectivity index (χ1) is 16.8. The van der Waals surface area contributed by atoms with Crippen molar-refractivity contribution in [2.75, 3.05) is 0 Å². The van der Waals surface area contributed by atoms with Gasteiger partial charge in [0.05, 0.1) is 22.7 Å². The van der Waals surface area contributed by atoms with Crippen LogP contribution in [0.15, 0.2) is 94.6 Å². The number of benzene rings is 1. The molecule has 0 saturated carbocycles. The highest BCUT2D eigenvalue weighted by molar-refractivity contribution is 6.38. The second-order valence-corrected chi connectivity index (χ2v) is 9.62. The number of nitrogens with one attached hydrogen (secondary N) is 2. The van der Waals surface area contributed by atoms with E-state index in [1.54, 1.807) is 30.4 Å². The molecule has 3 N–H and O–H groups in total. The molecule has 8 heteroatoms. The minimum absolute atomic E-state index is 0.0463. The number of nitrogens with zero attached hydrogens (tertiary/aromatic N) is 2. The van der Waals surface area contributed by atoms with Crippen LogP contribution in [-0.2, 0) is 4.87 Å². The Bertz CT molecular complexity index is 1670. The maximum absolute atomic E-state index is 12.2. The molecule has 0 spiro atoms. The van der Waals surface area contributed by atoms with Crippen LogP contribution in [0.2, 0.25) is 0 Å². The lowest BCUT2D eigenvalue weighted by Crippen LogP contribution is -2.42. The third kappa shape index (κ3) is 3.53. The molecule has 0 amide bonds. The van der Waals surface area contributed by atoms with Crippen LogP contribution in [0, 0.1) is 0 Å². The van der Waals surface area contributed by atoms with Crippen molar-refractivity contribution in [1.82, 2.24) is 9.97 Å². The summed E-state index contributed by atoms with van der Waals surface area (Å²) in [6.45, 7) is 0. The summed E-state index contributed by atoms with van der Waals surface area (Å²) < 4.78 is 0. The Morgan fingerprint density at radius 2 is 1.66 bits per heavy atom. The number of carboxylic acid groups (broad SMARTS) is 1. The summed E-state index contributed by atoms with van der Waals surface area (Å²) in [6.07, 6.45) is 13.0. The lowest BCUT2D eigenvalue weighted by atomic mass is 9.84. The number of alkyl halides is 2. The molecule has 0 aliphatic carbocycles. The second kappa shape index (κ2) is 7.83. The normalized spacial score (nSPS) is 24.3. The van der Waals surface area contributed by atoms with Crippen LogP contribution in [-0.4, -0.2) is 37.5 Å². The highest BCUT2D eigenvalue weighted by atomic mass is 35.5. The molecule has 0 saturated heterocycles. The molecule has 5 heterocycles. The van der Waals surface area contributed by atoms with E-state index in [0.717, 1.165) is 27.8 Å². The Morgan fingerprint density at radius 1 is 0.857 bits per heavy atom. The second-order valence-electron chi connectivity index (χ2n) is 8.48. The van der Waals surface area contributed by atoms with E-state index >= 15 is 0 Å². The van der Waals surface area contributed by atoms with E-state index in [-0.39, 0.29) is 5.56 Å². The zero-order valence-corrected chi connectivity index (χ0v) is 19.7. The average molecular weight is 501 g/mol. The number of aromatic carboxylic acids is 1. The van der Waals surface area contributed by atoms with Gasteiger partial charge in [0.2, 0.25) is 0 Å². The van der Waals surface area contributed by atoms with Gasteiger partial charge in [0.1, 0.15) is 0 Å². The summed E-state index contributed by atoms with van der Waals surface area (Å²) in [4.78, 5) is 25.2. The molecular formula is C27H18Cl2N4O2. The first-order valence-corrected chi connectivity index (χ1v) is 11.7. The van der Waals surface area contributed by atoms with Gasteiger partial charge in [-0.2, -0.15) is 0 Å². The number of hydrogen-bond donors (Lipinski definition) is 3. The molecule has 0 radical (unpaired) electrons. The van der Waals surface area contributed by atoms with Crippen LogP contribution in [0.3, 0.4) is 0 Å². The third-order valence-corrected chi connectivity index (χ3v) is 7.47. The molecule has 6 rings (SSSR count). The van der Waals surface area contributed by atoms with E-state index in [1.165, 1.54) is 6.07 Å². The smallest absolute Gasteiger partial charge is 0.336 e. The van der Waals surface area contributed by atoms with Crippen LogP contribution in [0.5, 0.6) is 0 Å². The van der Waals surface area contributed by atoms with Crippen LogP contribution < -0.4 is 10.7 Å². The number of fused-ring (bicyclic) bond motifs is 6. The van der Waals surface area contributed by atoms with E-state index in [0.29, 0.717) is 17.0 Å². The Balaban J connectivity index is 1.65. The standard InChI is InChI=1S/C27H18Cl2N4O2/c28-26-12-11-21(33-26)15-19-8-7-17(31-19)13-16-5-6-18(30-16)14-20-9-10-24(32-20)27(26,29)23-4-2-1-3-22(23)25(34)35/h1-15,30,32H,(H,34,35). The number of aromatic amines is 2. The highest BCUT2D eigenvalue weighted by Gasteiger charge is 2.54. The van der Waals surface area contributed by atoms with Crippen LogP contribution >= 0.6 is 23.2 Å². The number of carboxylic acids is 1. The fourth-order valence-electron chi connectivity index (χ4n) is 4.55. The van der Waals surface area contributed by atoms with Crippen molar-refractivity contribution in [3.05, 3.63) is 118 Å². The summed E-state index contributed by atoms with van der Waals surface area (Å²) in [5.41, 5.74) is 3.77. The van der Waals surface area contributed by atoms with Crippen LogP contribution in [0.4, 0.5) is 0 Å². The average Bonchev–Trinajstić information content (AvgIpc) is 3.63. The molecule has 3 aliphatic heterocycles. The molecule has 172 valence electrons. The quantitative estimate of drug-likeness (QED) is 0.366. The van der Waals surface area contributed by atoms with E-state index in [2.05, 4.69) is 15.0 Å². The zero-order valence-electron chi connectivity index (χ0n) is 18.2. The van der Waals surface area contributed by atoms with Crippen molar-refractivity contribution in [3.8, 4) is 0 Å². The number of halogens is 2. The van der Waals surface area contributed by atoms with E-state index in [1.807, 2.05) is 54.6 Å². The van der Waals surface area contributed by atoms with Crippen molar-refractivity contribution >= 4 is 52.7 Å². The summed E-state index contributed by atoms with van der Waals surface area (Å²) >= 11 is 14.6. The maximum Gasteiger partial charge on any atom is 0.336 e. The summed E-state index contributed by atoms with van der Waals surface area (Å²) in [7, 11) is 0. The number of carbonyl (C=O) groups is 1. The van der Waals surface area contributed by atoms with Gasteiger partial charge in [-0.3, -0.25) is 4.99 Å². The van der Waals surface area contributed by atoms with Crippen LogP contribution in [0.25, 0.3) is 12.2 Å². The first-order valence-electron chi connectivity index (χ1n) is 10.9. The first kappa shape index (κ1) is 21.6. The molecule has 3 aromatic rings. The topological polar surface area (TPSA) is 93.6 Å². The number of aliphatic imine (C=N–C) groups is 2. The number of hydrogen-bond acceptors (Lipinski definition) is 3. The number of aromatic nitrogens is 2. The largest absolute Gasteiger partial charge is 0.478 e. The number of H-pyrrole nitrogens is 2. The van der Waals surface area contributed by atoms with Crippen molar-refractivity contribution in [1.29, 1.82) is 0 Å². The summed E-state index contributed by atoms with van der Waals surface area (Å²) in [6, 6.07) is 14.2. The lowest BCUT2D eigenvalue weighted by molar-refractivity contribution is 0.0695. The Kier molecular flexibility index (Phi) is 4.85. The van der Waals surface area contributed by atoms with Gasteiger partial charge in [-0.05, 0) is 78.4 Å². The maximum atomic E-state index is 12.2. The molecule has 0 fully saturated rings. The van der Waals surface area contributed by atoms with Gasteiger partial charge in [-0.25, -0.2) is 9.79 Å². The predicted molar refractivity (Wildman–Crippen MR) is 139 cm³/mol. The SMILES string of the molecule is O=C(O)c1ccccc1C1(Cl)c2ccc([nH]2)C=c2ccc([nH]2)=CC2=NC(=CC3=NC1(Cl)C=C3)C=C2.